The van der Waals surface area contributed by atoms with E-state index in [-0.39, 0.29) is 4.49 Å². The lowest BCUT2D eigenvalue weighted by atomic mass is 9.97. The highest BCUT2D eigenvalue weighted by Gasteiger charge is 2.16. The standard InChI is InChI=1S/C19H27Cl2NO3/c1-6-15-16(7-2)19(24-10-11-25-22-13(3)4)14(5)12-17(15)23-9-8-18(20)21/h8,12H,6-7,9-11H2,1-5H3. The van der Waals surface area contributed by atoms with Crippen molar-refractivity contribution in [3.05, 3.63) is 33.3 Å². The lowest BCUT2D eigenvalue weighted by Gasteiger charge is -2.20. The molecule has 0 amide bonds. The zero-order chi connectivity index (χ0) is 18.8. The van der Waals surface area contributed by atoms with Gasteiger partial charge in [0.1, 0.15) is 29.2 Å². The molecular formula is C19H27Cl2NO3. The van der Waals surface area contributed by atoms with Crippen molar-refractivity contribution in [2.75, 3.05) is 19.8 Å². The van der Waals surface area contributed by atoms with E-state index in [1.165, 1.54) is 0 Å². The molecule has 0 heterocycles. The molecule has 0 saturated carbocycles. The molecule has 1 aromatic carbocycles. The molecule has 0 N–H and O–H groups in total. The van der Waals surface area contributed by atoms with Crippen molar-refractivity contribution in [3.63, 3.8) is 0 Å². The van der Waals surface area contributed by atoms with Gasteiger partial charge in [-0.3, -0.25) is 0 Å². The van der Waals surface area contributed by atoms with Crippen molar-refractivity contribution in [1.82, 2.24) is 0 Å². The maximum absolute atomic E-state index is 5.98. The number of halogens is 2. The predicted octanol–water partition coefficient (Wildman–Crippen LogP) is 5.61. The van der Waals surface area contributed by atoms with Gasteiger partial charge in [-0.05, 0) is 51.3 Å². The van der Waals surface area contributed by atoms with Gasteiger partial charge >= 0.3 is 0 Å². The van der Waals surface area contributed by atoms with Gasteiger partial charge in [0.15, 0.2) is 6.61 Å². The first kappa shape index (κ1) is 21.7. The summed E-state index contributed by atoms with van der Waals surface area (Å²) in [4.78, 5) is 5.19. The SMILES string of the molecule is CCc1c(OCC=C(Cl)Cl)cc(C)c(OCCON=C(C)C)c1CC. The molecule has 0 radical (unpaired) electrons. The number of hydrogen-bond acceptors (Lipinski definition) is 4. The average molecular weight is 388 g/mol. The van der Waals surface area contributed by atoms with Crippen LogP contribution in [0.3, 0.4) is 0 Å². The molecule has 0 aliphatic heterocycles. The number of aryl methyl sites for hydroxylation is 1. The summed E-state index contributed by atoms with van der Waals surface area (Å²) in [5.41, 5.74) is 4.21. The Morgan fingerprint density at radius 3 is 2.32 bits per heavy atom. The fourth-order valence-electron chi connectivity index (χ4n) is 2.51. The van der Waals surface area contributed by atoms with E-state index in [4.69, 9.17) is 37.5 Å². The topological polar surface area (TPSA) is 40.0 Å². The van der Waals surface area contributed by atoms with Crippen molar-refractivity contribution in [2.45, 2.75) is 47.5 Å². The van der Waals surface area contributed by atoms with Gasteiger partial charge in [-0.25, -0.2) is 0 Å². The zero-order valence-corrected chi connectivity index (χ0v) is 17.1. The molecule has 0 atom stereocenters. The quantitative estimate of drug-likeness (QED) is 0.297. The van der Waals surface area contributed by atoms with Crippen LogP contribution in [-0.2, 0) is 17.7 Å². The molecule has 4 nitrogen and oxygen atoms in total. The van der Waals surface area contributed by atoms with E-state index >= 15 is 0 Å². The summed E-state index contributed by atoms with van der Waals surface area (Å²) in [5, 5.41) is 3.91. The van der Waals surface area contributed by atoms with Crippen molar-refractivity contribution in [3.8, 4) is 11.5 Å². The monoisotopic (exact) mass is 387 g/mol. The average Bonchev–Trinajstić information content (AvgIpc) is 2.54. The van der Waals surface area contributed by atoms with Gasteiger partial charge in [0.25, 0.3) is 0 Å². The van der Waals surface area contributed by atoms with Gasteiger partial charge in [0, 0.05) is 11.1 Å². The van der Waals surface area contributed by atoms with Crippen LogP contribution in [0, 0.1) is 6.92 Å². The third-order valence-electron chi connectivity index (χ3n) is 3.49. The summed E-state index contributed by atoms with van der Waals surface area (Å²) in [6.07, 6.45) is 3.33. The van der Waals surface area contributed by atoms with Crippen LogP contribution in [0.15, 0.2) is 21.8 Å². The number of nitrogens with zero attached hydrogens (tertiary/aromatic N) is 1. The van der Waals surface area contributed by atoms with Crippen LogP contribution in [0.25, 0.3) is 0 Å². The number of hydrogen-bond donors (Lipinski definition) is 0. The highest BCUT2D eigenvalue weighted by atomic mass is 35.5. The molecule has 0 fully saturated rings. The Balaban J connectivity index is 2.94. The largest absolute Gasteiger partial charge is 0.489 e. The zero-order valence-electron chi connectivity index (χ0n) is 15.6. The number of benzene rings is 1. The lowest BCUT2D eigenvalue weighted by molar-refractivity contribution is 0.106. The van der Waals surface area contributed by atoms with Crippen molar-refractivity contribution in [2.24, 2.45) is 5.16 Å². The lowest BCUT2D eigenvalue weighted by Crippen LogP contribution is -2.10. The Morgan fingerprint density at radius 1 is 1.08 bits per heavy atom. The summed E-state index contributed by atoms with van der Waals surface area (Å²) in [5.74, 6) is 1.75. The smallest absolute Gasteiger partial charge is 0.151 e. The molecule has 140 valence electrons. The first-order chi connectivity index (χ1) is 11.9. The van der Waals surface area contributed by atoms with Crippen molar-refractivity contribution < 1.29 is 14.3 Å². The first-order valence-corrected chi connectivity index (χ1v) is 9.21. The van der Waals surface area contributed by atoms with E-state index in [2.05, 4.69) is 19.0 Å². The van der Waals surface area contributed by atoms with Crippen molar-refractivity contribution in [1.29, 1.82) is 0 Å². The summed E-state index contributed by atoms with van der Waals surface area (Å²) in [6.45, 7) is 11.2. The Labute approximate surface area is 160 Å². The second-order valence-electron chi connectivity index (χ2n) is 5.71. The Bertz CT molecular complexity index is 620. The Kier molecular flexibility index (Phi) is 9.76. The third kappa shape index (κ3) is 7.17. The van der Waals surface area contributed by atoms with E-state index in [0.717, 1.165) is 46.7 Å². The molecule has 1 rings (SSSR count). The molecular weight excluding hydrogens is 361 g/mol. The van der Waals surface area contributed by atoms with Gasteiger partial charge in [0.05, 0.1) is 5.71 Å². The molecule has 0 unspecified atom stereocenters. The van der Waals surface area contributed by atoms with Crippen LogP contribution in [0.1, 0.15) is 44.4 Å². The summed E-state index contributed by atoms with van der Waals surface area (Å²) in [6, 6.07) is 2.00. The fraction of sp³-hybridized carbons (Fsp3) is 0.526. The van der Waals surface area contributed by atoms with Gasteiger partial charge < -0.3 is 14.3 Å². The third-order valence-corrected chi connectivity index (χ3v) is 3.80. The summed E-state index contributed by atoms with van der Waals surface area (Å²) < 4.78 is 12.0. The van der Waals surface area contributed by atoms with E-state index in [1.54, 1.807) is 6.08 Å². The van der Waals surface area contributed by atoms with E-state index in [0.29, 0.717) is 19.8 Å². The van der Waals surface area contributed by atoms with Crippen LogP contribution >= 0.6 is 23.2 Å². The van der Waals surface area contributed by atoms with Gasteiger partial charge in [0.2, 0.25) is 0 Å². The first-order valence-electron chi connectivity index (χ1n) is 8.45. The maximum Gasteiger partial charge on any atom is 0.151 e. The number of oxime groups is 1. The normalized spacial score (nSPS) is 10.2. The molecule has 0 bridgehead atoms. The highest BCUT2D eigenvalue weighted by molar-refractivity contribution is 6.55. The van der Waals surface area contributed by atoms with E-state index in [1.807, 2.05) is 26.8 Å². The van der Waals surface area contributed by atoms with Crippen LogP contribution in [-0.4, -0.2) is 25.5 Å². The minimum absolute atomic E-state index is 0.204. The minimum atomic E-state index is 0.204. The fourth-order valence-corrected chi connectivity index (χ4v) is 2.64. The van der Waals surface area contributed by atoms with E-state index in [9.17, 15) is 0 Å². The minimum Gasteiger partial charge on any atom is -0.489 e. The number of ether oxygens (including phenoxy) is 2. The molecule has 0 aliphatic carbocycles. The Hall–Kier alpha value is -1.39. The summed E-state index contributed by atoms with van der Waals surface area (Å²) in [7, 11) is 0. The van der Waals surface area contributed by atoms with E-state index < -0.39 is 0 Å². The van der Waals surface area contributed by atoms with Crippen LogP contribution in [0.5, 0.6) is 11.5 Å². The maximum atomic E-state index is 5.98. The van der Waals surface area contributed by atoms with Gasteiger partial charge in [-0.15, -0.1) is 0 Å². The molecule has 25 heavy (non-hydrogen) atoms. The highest BCUT2D eigenvalue weighted by Crippen LogP contribution is 2.35. The molecule has 0 aliphatic rings. The number of rotatable bonds is 10. The van der Waals surface area contributed by atoms with Crippen LogP contribution in [0.4, 0.5) is 0 Å². The van der Waals surface area contributed by atoms with Gasteiger partial charge in [-0.1, -0.05) is 42.2 Å². The second-order valence-corrected chi connectivity index (χ2v) is 6.72. The van der Waals surface area contributed by atoms with Crippen LogP contribution < -0.4 is 9.47 Å². The predicted molar refractivity (Wildman–Crippen MR) is 105 cm³/mol. The Morgan fingerprint density at radius 2 is 1.76 bits per heavy atom. The molecule has 0 spiro atoms. The van der Waals surface area contributed by atoms with Gasteiger partial charge in [-0.2, -0.15) is 0 Å². The molecule has 0 aromatic heterocycles. The molecule has 0 saturated heterocycles. The molecule has 1 aromatic rings. The van der Waals surface area contributed by atoms with Crippen LogP contribution in [0.2, 0.25) is 0 Å². The molecule has 6 heteroatoms. The second kappa shape index (κ2) is 11.3. The van der Waals surface area contributed by atoms with Crippen molar-refractivity contribution >= 4 is 28.9 Å². The summed E-state index contributed by atoms with van der Waals surface area (Å²) >= 11 is 11.3.